The molecule has 0 aliphatic heterocycles. The number of anilines is 1. The molecule has 8 nitrogen and oxygen atoms in total. The summed E-state index contributed by atoms with van der Waals surface area (Å²) in [6.45, 7) is 2.61. The van der Waals surface area contributed by atoms with E-state index in [-0.39, 0.29) is 11.6 Å². The van der Waals surface area contributed by atoms with E-state index in [4.69, 9.17) is 9.84 Å². The molecule has 0 saturated carbocycles. The standard InChI is InChI=1S/C12H18N4O4/c1-3-13-11(17)8-4-5-10(16-15-8)14-9(12(18)19)6-7-20-2/h4-5,9H,3,6-7H2,1-2H3,(H,13,17)(H,14,16)(H,18,19). The van der Waals surface area contributed by atoms with Gasteiger partial charge in [-0.05, 0) is 19.1 Å². The third kappa shape index (κ3) is 4.81. The van der Waals surface area contributed by atoms with Crippen LogP contribution in [0.3, 0.4) is 0 Å². The van der Waals surface area contributed by atoms with Crippen molar-refractivity contribution in [1.29, 1.82) is 0 Å². The van der Waals surface area contributed by atoms with E-state index in [0.717, 1.165) is 0 Å². The Hall–Kier alpha value is -2.22. The molecule has 8 heteroatoms. The number of carbonyl (C=O) groups is 2. The van der Waals surface area contributed by atoms with E-state index in [1.807, 2.05) is 0 Å². The lowest BCUT2D eigenvalue weighted by Gasteiger charge is -2.14. The van der Waals surface area contributed by atoms with Gasteiger partial charge in [-0.25, -0.2) is 4.79 Å². The highest BCUT2D eigenvalue weighted by Gasteiger charge is 2.17. The van der Waals surface area contributed by atoms with Crippen molar-refractivity contribution < 1.29 is 19.4 Å². The van der Waals surface area contributed by atoms with Gasteiger partial charge in [-0.2, -0.15) is 0 Å². The Morgan fingerprint density at radius 2 is 2.15 bits per heavy atom. The Balaban J connectivity index is 2.67. The first kappa shape index (κ1) is 15.8. The topological polar surface area (TPSA) is 113 Å². The van der Waals surface area contributed by atoms with Crippen LogP contribution in [-0.4, -0.2) is 53.5 Å². The van der Waals surface area contributed by atoms with Gasteiger partial charge in [0.1, 0.15) is 11.9 Å². The molecule has 3 N–H and O–H groups in total. The lowest BCUT2D eigenvalue weighted by molar-refractivity contribution is -0.138. The fourth-order valence-electron chi connectivity index (χ4n) is 1.45. The maximum absolute atomic E-state index is 11.5. The van der Waals surface area contributed by atoms with Crippen LogP contribution in [0, 0.1) is 0 Å². The number of carboxylic acid groups (broad SMARTS) is 1. The summed E-state index contributed by atoms with van der Waals surface area (Å²) in [4.78, 5) is 22.5. The second kappa shape index (κ2) is 8.05. The van der Waals surface area contributed by atoms with Gasteiger partial charge < -0.3 is 20.5 Å². The van der Waals surface area contributed by atoms with E-state index < -0.39 is 12.0 Å². The fraction of sp³-hybridized carbons (Fsp3) is 0.500. The van der Waals surface area contributed by atoms with Crippen LogP contribution in [0.15, 0.2) is 12.1 Å². The first-order valence-corrected chi connectivity index (χ1v) is 6.18. The number of aliphatic carboxylic acids is 1. The van der Waals surface area contributed by atoms with Gasteiger partial charge in [0.2, 0.25) is 0 Å². The molecule has 1 amide bonds. The van der Waals surface area contributed by atoms with Crippen molar-refractivity contribution in [3.05, 3.63) is 17.8 Å². The Kier molecular flexibility index (Phi) is 6.38. The van der Waals surface area contributed by atoms with Crippen molar-refractivity contribution in [2.45, 2.75) is 19.4 Å². The van der Waals surface area contributed by atoms with Crippen LogP contribution in [0.4, 0.5) is 5.82 Å². The number of hydrogen-bond donors (Lipinski definition) is 3. The molecular weight excluding hydrogens is 264 g/mol. The molecule has 0 aliphatic rings. The van der Waals surface area contributed by atoms with E-state index in [0.29, 0.717) is 25.4 Å². The molecule has 20 heavy (non-hydrogen) atoms. The number of nitrogens with zero attached hydrogens (tertiary/aromatic N) is 2. The Labute approximate surface area is 116 Å². The van der Waals surface area contributed by atoms with Crippen LogP contribution in [0.2, 0.25) is 0 Å². The Morgan fingerprint density at radius 3 is 2.65 bits per heavy atom. The molecule has 1 heterocycles. The van der Waals surface area contributed by atoms with Crippen molar-refractivity contribution in [2.24, 2.45) is 0 Å². The highest BCUT2D eigenvalue weighted by molar-refractivity contribution is 5.92. The second-order valence-corrected chi connectivity index (χ2v) is 3.98. The molecule has 0 spiro atoms. The number of methoxy groups -OCH3 is 1. The molecule has 0 aliphatic carbocycles. The van der Waals surface area contributed by atoms with Gasteiger partial charge in [-0.15, -0.1) is 10.2 Å². The van der Waals surface area contributed by atoms with Gasteiger partial charge in [0.25, 0.3) is 5.91 Å². The van der Waals surface area contributed by atoms with E-state index >= 15 is 0 Å². The van der Waals surface area contributed by atoms with E-state index in [2.05, 4.69) is 20.8 Å². The average molecular weight is 282 g/mol. The van der Waals surface area contributed by atoms with Gasteiger partial charge >= 0.3 is 5.97 Å². The van der Waals surface area contributed by atoms with Crippen LogP contribution in [-0.2, 0) is 9.53 Å². The third-order valence-corrected chi connectivity index (χ3v) is 2.47. The summed E-state index contributed by atoms with van der Waals surface area (Å²) in [5, 5.41) is 21.9. The van der Waals surface area contributed by atoms with Gasteiger partial charge in [0.05, 0.1) is 0 Å². The zero-order chi connectivity index (χ0) is 15.0. The van der Waals surface area contributed by atoms with E-state index in [9.17, 15) is 9.59 Å². The van der Waals surface area contributed by atoms with Crippen molar-refractivity contribution in [2.75, 3.05) is 25.6 Å². The number of carbonyl (C=O) groups excluding carboxylic acids is 1. The number of amides is 1. The minimum Gasteiger partial charge on any atom is -0.480 e. The first-order chi connectivity index (χ1) is 9.58. The van der Waals surface area contributed by atoms with Gasteiger partial charge in [-0.3, -0.25) is 4.79 Å². The predicted octanol–water partition coefficient (Wildman–Crippen LogP) is 0.128. The molecule has 1 atom stereocenters. The molecule has 0 saturated heterocycles. The van der Waals surface area contributed by atoms with E-state index in [1.165, 1.54) is 19.2 Å². The Morgan fingerprint density at radius 1 is 1.40 bits per heavy atom. The molecule has 0 radical (unpaired) electrons. The molecule has 110 valence electrons. The molecule has 1 rings (SSSR count). The van der Waals surface area contributed by atoms with Crippen molar-refractivity contribution in [1.82, 2.24) is 15.5 Å². The monoisotopic (exact) mass is 282 g/mol. The molecular formula is C12H18N4O4. The SMILES string of the molecule is CCNC(=O)c1ccc(NC(CCOC)C(=O)O)nn1. The Bertz CT molecular complexity index is 449. The van der Waals surface area contributed by atoms with Crippen molar-refractivity contribution >= 4 is 17.7 Å². The molecule has 1 unspecified atom stereocenters. The first-order valence-electron chi connectivity index (χ1n) is 6.18. The number of nitrogens with one attached hydrogen (secondary N) is 2. The lowest BCUT2D eigenvalue weighted by atomic mass is 10.2. The van der Waals surface area contributed by atoms with Crippen LogP contribution in [0.1, 0.15) is 23.8 Å². The predicted molar refractivity (Wildman–Crippen MR) is 71.6 cm³/mol. The fourth-order valence-corrected chi connectivity index (χ4v) is 1.45. The summed E-state index contributed by atoms with van der Waals surface area (Å²) in [7, 11) is 1.50. The maximum atomic E-state index is 11.5. The van der Waals surface area contributed by atoms with Crippen LogP contribution < -0.4 is 10.6 Å². The molecule has 0 bridgehead atoms. The van der Waals surface area contributed by atoms with Crippen molar-refractivity contribution in [3.8, 4) is 0 Å². The normalized spacial score (nSPS) is 11.7. The summed E-state index contributed by atoms with van der Waals surface area (Å²) in [5.74, 6) is -1.03. The van der Waals surface area contributed by atoms with Crippen LogP contribution in [0.5, 0.6) is 0 Å². The van der Waals surface area contributed by atoms with Crippen LogP contribution >= 0.6 is 0 Å². The number of rotatable bonds is 8. The molecule has 0 fully saturated rings. The van der Waals surface area contributed by atoms with Gasteiger partial charge in [0.15, 0.2) is 5.69 Å². The number of carboxylic acids is 1. The number of aromatic nitrogens is 2. The molecule has 1 aromatic rings. The summed E-state index contributed by atoms with van der Waals surface area (Å²) in [6, 6.07) is 2.18. The molecule has 0 aromatic carbocycles. The summed E-state index contributed by atoms with van der Waals surface area (Å²) in [6.07, 6.45) is 0.297. The zero-order valence-electron chi connectivity index (χ0n) is 11.4. The summed E-state index contributed by atoms with van der Waals surface area (Å²) in [5.41, 5.74) is 0.182. The van der Waals surface area contributed by atoms with Crippen LogP contribution in [0.25, 0.3) is 0 Å². The lowest BCUT2D eigenvalue weighted by Crippen LogP contribution is -2.31. The largest absolute Gasteiger partial charge is 0.480 e. The maximum Gasteiger partial charge on any atom is 0.326 e. The smallest absolute Gasteiger partial charge is 0.326 e. The summed E-state index contributed by atoms with van der Waals surface area (Å²) >= 11 is 0. The number of hydrogen-bond acceptors (Lipinski definition) is 6. The summed E-state index contributed by atoms with van der Waals surface area (Å²) < 4.78 is 4.85. The van der Waals surface area contributed by atoms with Gasteiger partial charge in [0, 0.05) is 26.7 Å². The number of ether oxygens (including phenoxy) is 1. The minimum atomic E-state index is -1.00. The minimum absolute atomic E-state index is 0.182. The van der Waals surface area contributed by atoms with Gasteiger partial charge in [-0.1, -0.05) is 0 Å². The second-order valence-electron chi connectivity index (χ2n) is 3.98. The highest BCUT2D eigenvalue weighted by atomic mass is 16.5. The van der Waals surface area contributed by atoms with Crippen molar-refractivity contribution in [3.63, 3.8) is 0 Å². The molecule has 1 aromatic heterocycles. The zero-order valence-corrected chi connectivity index (χ0v) is 11.4. The quantitative estimate of drug-likeness (QED) is 0.621. The van der Waals surface area contributed by atoms with E-state index in [1.54, 1.807) is 6.92 Å². The third-order valence-electron chi connectivity index (χ3n) is 2.47. The highest BCUT2D eigenvalue weighted by Crippen LogP contribution is 2.06. The average Bonchev–Trinajstić information content (AvgIpc) is 2.44.